The van der Waals surface area contributed by atoms with Gasteiger partial charge in [-0.1, -0.05) is 49.6 Å². The Morgan fingerprint density at radius 2 is 1.53 bits per heavy atom. The minimum Gasteiger partial charge on any atom is -0.456 e. The number of rotatable bonds is 1. The Labute approximate surface area is 113 Å². The fraction of sp³-hybridized carbons (Fsp3) is 0.278. The molecular formula is C18H17O. The molecule has 2 aromatic carbocycles. The van der Waals surface area contributed by atoms with Gasteiger partial charge in [0.1, 0.15) is 11.2 Å². The zero-order valence-corrected chi connectivity index (χ0v) is 11.0. The molecule has 0 N–H and O–H groups in total. The van der Waals surface area contributed by atoms with Crippen molar-refractivity contribution in [2.45, 2.75) is 32.1 Å². The number of furan rings is 1. The van der Waals surface area contributed by atoms with Crippen LogP contribution in [0.25, 0.3) is 21.9 Å². The van der Waals surface area contributed by atoms with E-state index < -0.39 is 0 Å². The van der Waals surface area contributed by atoms with Crippen molar-refractivity contribution < 1.29 is 4.42 Å². The van der Waals surface area contributed by atoms with Crippen molar-refractivity contribution in [2.24, 2.45) is 0 Å². The number of hydrogen-bond donors (Lipinski definition) is 0. The zero-order valence-electron chi connectivity index (χ0n) is 11.0. The Hall–Kier alpha value is -1.76. The minimum absolute atomic E-state index is 1.00. The van der Waals surface area contributed by atoms with Crippen LogP contribution in [0.1, 0.15) is 37.7 Å². The van der Waals surface area contributed by atoms with Crippen LogP contribution in [-0.2, 0) is 0 Å². The van der Waals surface area contributed by atoms with E-state index >= 15 is 0 Å². The molecule has 0 unspecified atom stereocenters. The van der Waals surface area contributed by atoms with Gasteiger partial charge in [-0.25, -0.2) is 0 Å². The highest BCUT2D eigenvalue weighted by Gasteiger charge is 2.20. The monoisotopic (exact) mass is 249 g/mol. The molecule has 0 bridgehead atoms. The maximum absolute atomic E-state index is 5.97. The first-order valence-corrected chi connectivity index (χ1v) is 7.19. The summed E-state index contributed by atoms with van der Waals surface area (Å²) in [5.41, 5.74) is 3.44. The molecule has 4 rings (SSSR count). The fourth-order valence-corrected chi connectivity index (χ4v) is 3.32. The van der Waals surface area contributed by atoms with E-state index in [0.717, 1.165) is 11.2 Å². The highest BCUT2D eigenvalue weighted by molar-refractivity contribution is 6.07. The molecule has 19 heavy (non-hydrogen) atoms. The highest BCUT2D eigenvalue weighted by atomic mass is 16.3. The predicted octanol–water partition coefficient (Wildman–Crippen LogP) is 5.47. The van der Waals surface area contributed by atoms with Crippen molar-refractivity contribution in [1.82, 2.24) is 0 Å². The van der Waals surface area contributed by atoms with Crippen molar-refractivity contribution in [3.05, 3.63) is 53.9 Å². The van der Waals surface area contributed by atoms with Crippen LogP contribution in [0.3, 0.4) is 0 Å². The lowest BCUT2D eigenvalue weighted by Crippen LogP contribution is -2.05. The van der Waals surface area contributed by atoms with Crippen molar-refractivity contribution >= 4 is 21.9 Å². The van der Waals surface area contributed by atoms with Crippen LogP contribution in [0.5, 0.6) is 0 Å². The topological polar surface area (TPSA) is 13.1 Å². The summed E-state index contributed by atoms with van der Waals surface area (Å²) in [7, 11) is 0. The summed E-state index contributed by atoms with van der Waals surface area (Å²) in [6, 6.07) is 14.9. The third kappa shape index (κ3) is 1.76. The Balaban J connectivity index is 1.98. The molecule has 1 nitrogen and oxygen atoms in total. The van der Waals surface area contributed by atoms with Crippen LogP contribution in [0.2, 0.25) is 0 Å². The summed E-state index contributed by atoms with van der Waals surface area (Å²) in [4.78, 5) is 0. The van der Waals surface area contributed by atoms with Crippen molar-refractivity contribution in [2.75, 3.05) is 0 Å². The van der Waals surface area contributed by atoms with Gasteiger partial charge in [-0.05, 0) is 30.5 Å². The molecule has 0 saturated heterocycles. The first-order chi connectivity index (χ1) is 9.43. The second kappa shape index (κ2) is 4.41. The molecule has 3 aromatic rings. The summed E-state index contributed by atoms with van der Waals surface area (Å²) >= 11 is 0. The summed E-state index contributed by atoms with van der Waals surface area (Å²) in [6.07, 6.45) is 6.55. The van der Waals surface area contributed by atoms with E-state index in [1.54, 1.807) is 5.92 Å². The molecule has 1 heteroatoms. The van der Waals surface area contributed by atoms with E-state index in [1.165, 1.54) is 48.4 Å². The molecule has 1 fully saturated rings. The molecule has 1 radical (unpaired) electrons. The third-order valence-electron chi connectivity index (χ3n) is 4.24. The first kappa shape index (κ1) is 11.1. The van der Waals surface area contributed by atoms with Crippen LogP contribution < -0.4 is 0 Å². The standard InChI is InChI=1S/C18H17O/c1-2-7-13(8-3-1)14-10-6-12-17-18(14)15-9-4-5-11-16(15)19-17/h4-6,9-12H,1-3,7-8H2. The lowest BCUT2D eigenvalue weighted by molar-refractivity contribution is 0.552. The Bertz CT molecular complexity index is 717. The quantitative estimate of drug-likeness (QED) is 0.557. The fourth-order valence-electron chi connectivity index (χ4n) is 3.32. The van der Waals surface area contributed by atoms with Gasteiger partial charge in [-0.3, -0.25) is 0 Å². The van der Waals surface area contributed by atoms with E-state index in [-0.39, 0.29) is 0 Å². The van der Waals surface area contributed by atoms with Gasteiger partial charge in [0.2, 0.25) is 0 Å². The van der Waals surface area contributed by atoms with Gasteiger partial charge >= 0.3 is 0 Å². The average molecular weight is 249 g/mol. The Morgan fingerprint density at radius 3 is 2.42 bits per heavy atom. The molecule has 1 saturated carbocycles. The smallest absolute Gasteiger partial charge is 0.135 e. The van der Waals surface area contributed by atoms with Gasteiger partial charge < -0.3 is 4.42 Å². The third-order valence-corrected chi connectivity index (χ3v) is 4.24. The molecule has 95 valence electrons. The average Bonchev–Trinajstić information content (AvgIpc) is 2.86. The number of fused-ring (bicyclic) bond motifs is 3. The van der Waals surface area contributed by atoms with Gasteiger partial charge in [0.25, 0.3) is 0 Å². The first-order valence-electron chi connectivity index (χ1n) is 7.19. The van der Waals surface area contributed by atoms with E-state index in [4.69, 9.17) is 4.42 Å². The summed E-state index contributed by atoms with van der Waals surface area (Å²) in [5, 5.41) is 2.57. The van der Waals surface area contributed by atoms with Gasteiger partial charge in [-0.15, -0.1) is 0 Å². The molecule has 1 aliphatic rings. The molecule has 0 spiro atoms. The summed E-state index contributed by atoms with van der Waals surface area (Å²) < 4.78 is 5.97. The molecule has 1 aliphatic carbocycles. The van der Waals surface area contributed by atoms with E-state index in [2.05, 4.69) is 36.4 Å². The second-order valence-electron chi connectivity index (χ2n) is 5.44. The van der Waals surface area contributed by atoms with Gasteiger partial charge in [-0.2, -0.15) is 0 Å². The van der Waals surface area contributed by atoms with Gasteiger partial charge in [0.05, 0.1) is 0 Å². The Morgan fingerprint density at radius 1 is 0.737 bits per heavy atom. The maximum Gasteiger partial charge on any atom is 0.135 e. The van der Waals surface area contributed by atoms with Gasteiger partial charge in [0, 0.05) is 16.7 Å². The predicted molar refractivity (Wildman–Crippen MR) is 79.2 cm³/mol. The van der Waals surface area contributed by atoms with E-state index in [1.807, 2.05) is 6.07 Å². The van der Waals surface area contributed by atoms with Crippen LogP contribution >= 0.6 is 0 Å². The van der Waals surface area contributed by atoms with E-state index in [9.17, 15) is 0 Å². The van der Waals surface area contributed by atoms with Crippen molar-refractivity contribution in [3.8, 4) is 0 Å². The number of hydrogen-bond acceptors (Lipinski definition) is 1. The highest BCUT2D eigenvalue weighted by Crippen LogP contribution is 2.39. The zero-order chi connectivity index (χ0) is 12.7. The second-order valence-corrected chi connectivity index (χ2v) is 5.44. The Kier molecular flexibility index (Phi) is 2.58. The van der Waals surface area contributed by atoms with Crippen LogP contribution in [0.15, 0.2) is 46.9 Å². The largest absolute Gasteiger partial charge is 0.456 e. The number of para-hydroxylation sites is 1. The SMILES string of the molecule is c1ccc2c(c1)oc1cccc([C]3CCCCC3)c12. The lowest BCUT2D eigenvalue weighted by atomic mass is 9.82. The minimum atomic E-state index is 1.00. The summed E-state index contributed by atoms with van der Waals surface area (Å²) in [6.45, 7) is 0. The molecule has 1 aromatic heterocycles. The van der Waals surface area contributed by atoms with Crippen LogP contribution in [-0.4, -0.2) is 0 Å². The molecule has 0 atom stereocenters. The van der Waals surface area contributed by atoms with Crippen LogP contribution in [0.4, 0.5) is 0 Å². The van der Waals surface area contributed by atoms with Crippen LogP contribution in [0, 0.1) is 5.92 Å². The normalized spacial score (nSPS) is 17.3. The lowest BCUT2D eigenvalue weighted by Gasteiger charge is -2.21. The van der Waals surface area contributed by atoms with Crippen molar-refractivity contribution in [3.63, 3.8) is 0 Å². The summed E-state index contributed by atoms with van der Waals surface area (Å²) in [5.74, 6) is 1.61. The maximum atomic E-state index is 5.97. The van der Waals surface area contributed by atoms with E-state index in [0.29, 0.717) is 0 Å². The van der Waals surface area contributed by atoms with Crippen molar-refractivity contribution in [1.29, 1.82) is 0 Å². The van der Waals surface area contributed by atoms with Gasteiger partial charge in [0.15, 0.2) is 0 Å². The molecule has 0 amide bonds. The number of benzene rings is 2. The molecule has 0 aliphatic heterocycles. The molecular weight excluding hydrogens is 232 g/mol. The molecule has 1 heterocycles.